The molecule has 1 saturated heterocycles. The highest BCUT2D eigenvalue weighted by molar-refractivity contribution is 5.92. The van der Waals surface area contributed by atoms with E-state index in [1.807, 2.05) is 30.3 Å². The van der Waals surface area contributed by atoms with E-state index < -0.39 is 18.1 Å². The lowest BCUT2D eigenvalue weighted by atomic mass is 9.98. The van der Waals surface area contributed by atoms with Crippen LogP contribution >= 0.6 is 0 Å². The zero-order valence-electron chi connectivity index (χ0n) is 20.5. The number of Topliss-reactive ketones (excluding diaryl/α,β-unsaturated/α-hetero) is 1. The summed E-state index contributed by atoms with van der Waals surface area (Å²) in [6.07, 6.45) is 9.62. The molecule has 2 amide bonds. The van der Waals surface area contributed by atoms with Gasteiger partial charge in [0.25, 0.3) is 0 Å². The summed E-state index contributed by atoms with van der Waals surface area (Å²) < 4.78 is 0. The van der Waals surface area contributed by atoms with Gasteiger partial charge in [-0.25, -0.2) is 4.79 Å². The van der Waals surface area contributed by atoms with Crippen LogP contribution in [0.5, 0.6) is 0 Å². The molecular formula is C27H40N2O5. The molecule has 7 heteroatoms. The number of rotatable bonds is 16. The Morgan fingerprint density at radius 2 is 1.65 bits per heavy atom. The smallest absolute Gasteiger partial charge is 0.326 e. The molecule has 34 heavy (non-hydrogen) atoms. The van der Waals surface area contributed by atoms with Crippen molar-refractivity contribution < 1.29 is 24.3 Å². The fourth-order valence-electron chi connectivity index (χ4n) is 4.47. The number of unbranched alkanes of at least 4 members (excludes halogenated alkanes) is 6. The third kappa shape index (κ3) is 9.65. The highest BCUT2D eigenvalue weighted by atomic mass is 16.4. The second-order valence-electron chi connectivity index (χ2n) is 9.23. The third-order valence-electron chi connectivity index (χ3n) is 6.46. The molecule has 1 heterocycles. The largest absolute Gasteiger partial charge is 0.480 e. The van der Waals surface area contributed by atoms with Crippen LogP contribution in [0.25, 0.3) is 0 Å². The van der Waals surface area contributed by atoms with Crippen LogP contribution in [-0.4, -0.2) is 52.2 Å². The van der Waals surface area contributed by atoms with E-state index in [0.717, 1.165) is 24.8 Å². The Morgan fingerprint density at radius 1 is 0.971 bits per heavy atom. The number of nitrogens with zero attached hydrogens (tertiary/aromatic N) is 1. The Bertz CT molecular complexity index is 795. The van der Waals surface area contributed by atoms with Gasteiger partial charge in [-0.3, -0.25) is 14.4 Å². The molecule has 1 fully saturated rings. The maximum absolute atomic E-state index is 13.0. The number of carboxylic acids is 1. The van der Waals surface area contributed by atoms with Gasteiger partial charge in [0.15, 0.2) is 5.78 Å². The van der Waals surface area contributed by atoms with Gasteiger partial charge >= 0.3 is 5.97 Å². The molecule has 1 aromatic rings. The number of hydrogen-bond donors (Lipinski definition) is 2. The van der Waals surface area contributed by atoms with E-state index in [9.17, 15) is 24.3 Å². The van der Waals surface area contributed by atoms with Crippen LogP contribution < -0.4 is 5.32 Å². The quantitative estimate of drug-likeness (QED) is 0.350. The average molecular weight is 473 g/mol. The van der Waals surface area contributed by atoms with Gasteiger partial charge in [-0.1, -0.05) is 75.8 Å². The van der Waals surface area contributed by atoms with Crippen molar-refractivity contribution in [2.24, 2.45) is 0 Å². The van der Waals surface area contributed by atoms with Crippen LogP contribution in [0.3, 0.4) is 0 Å². The van der Waals surface area contributed by atoms with Crippen molar-refractivity contribution in [1.82, 2.24) is 10.2 Å². The minimum atomic E-state index is -1.00. The second kappa shape index (κ2) is 15.3. The standard InChI is InChI=1S/C27H40N2O5/c1-2-3-4-5-6-7-11-16-25(31)28-22(20-21-13-9-8-10-14-21)24(30)17-18-26(32)29-19-12-15-23(29)27(33)34/h8-10,13-14,22-23H,2-7,11-12,15-20H2,1H3,(H,28,31)(H,33,34)/t22-,23?/m0/s1. The van der Waals surface area contributed by atoms with Gasteiger partial charge in [0.05, 0.1) is 6.04 Å². The second-order valence-corrected chi connectivity index (χ2v) is 9.23. The Labute approximate surface area is 203 Å². The van der Waals surface area contributed by atoms with Crippen LogP contribution in [-0.2, 0) is 25.6 Å². The van der Waals surface area contributed by atoms with E-state index in [2.05, 4.69) is 12.2 Å². The first-order valence-electron chi connectivity index (χ1n) is 12.8. The SMILES string of the molecule is CCCCCCCCCC(=O)N[C@@H](Cc1ccccc1)C(=O)CCC(=O)N1CCCC1C(=O)O. The number of carbonyl (C=O) groups is 4. The van der Waals surface area contributed by atoms with Crippen LogP contribution in [0.1, 0.15) is 89.5 Å². The van der Waals surface area contributed by atoms with Gasteiger partial charge in [-0.05, 0) is 31.2 Å². The van der Waals surface area contributed by atoms with Gasteiger partial charge in [-0.2, -0.15) is 0 Å². The summed E-state index contributed by atoms with van der Waals surface area (Å²) >= 11 is 0. The molecule has 0 bridgehead atoms. The Kier molecular flexibility index (Phi) is 12.4. The lowest BCUT2D eigenvalue weighted by Gasteiger charge is -2.22. The minimum Gasteiger partial charge on any atom is -0.480 e. The molecule has 1 aromatic carbocycles. The number of aliphatic carboxylic acids is 1. The summed E-state index contributed by atoms with van der Waals surface area (Å²) in [6, 6.07) is 8.00. The maximum atomic E-state index is 13.0. The summed E-state index contributed by atoms with van der Waals surface area (Å²) in [5.41, 5.74) is 0.939. The monoisotopic (exact) mass is 472 g/mol. The van der Waals surface area contributed by atoms with Gasteiger partial charge in [0, 0.05) is 25.8 Å². The summed E-state index contributed by atoms with van der Waals surface area (Å²) in [5.74, 6) is -1.65. The topological polar surface area (TPSA) is 104 Å². The zero-order valence-corrected chi connectivity index (χ0v) is 20.5. The van der Waals surface area contributed by atoms with Crippen molar-refractivity contribution in [2.45, 2.75) is 102 Å². The minimum absolute atomic E-state index is 0.0170. The molecule has 0 spiro atoms. The van der Waals surface area contributed by atoms with Crippen molar-refractivity contribution in [3.05, 3.63) is 35.9 Å². The first-order valence-corrected chi connectivity index (χ1v) is 12.8. The summed E-state index contributed by atoms with van der Waals surface area (Å²) in [5, 5.41) is 12.2. The van der Waals surface area contributed by atoms with Gasteiger partial charge in [-0.15, -0.1) is 0 Å². The predicted octanol–water partition coefficient (Wildman–Crippen LogP) is 4.28. The molecule has 2 atom stereocenters. The molecule has 0 aliphatic carbocycles. The Hall–Kier alpha value is -2.70. The molecule has 1 unspecified atom stereocenters. The van der Waals surface area contributed by atoms with Gasteiger partial charge in [0.2, 0.25) is 11.8 Å². The Morgan fingerprint density at radius 3 is 2.32 bits per heavy atom. The first-order chi connectivity index (χ1) is 16.4. The predicted molar refractivity (Wildman–Crippen MR) is 131 cm³/mol. The lowest BCUT2D eigenvalue weighted by Crippen LogP contribution is -2.43. The average Bonchev–Trinajstić information content (AvgIpc) is 3.32. The number of amides is 2. The molecule has 188 valence electrons. The fraction of sp³-hybridized carbons (Fsp3) is 0.630. The van der Waals surface area contributed by atoms with Crippen LogP contribution in [0, 0.1) is 0 Å². The number of ketones is 1. The van der Waals surface area contributed by atoms with E-state index >= 15 is 0 Å². The summed E-state index contributed by atoms with van der Waals surface area (Å²) in [6.45, 7) is 2.60. The molecule has 0 saturated carbocycles. The molecule has 1 aliphatic heterocycles. The molecule has 2 rings (SSSR count). The highest BCUT2D eigenvalue weighted by Crippen LogP contribution is 2.19. The van der Waals surface area contributed by atoms with E-state index in [1.54, 1.807) is 0 Å². The van der Waals surface area contributed by atoms with E-state index in [1.165, 1.54) is 30.6 Å². The van der Waals surface area contributed by atoms with Gasteiger partial charge in [0.1, 0.15) is 6.04 Å². The number of carboxylic acid groups (broad SMARTS) is 1. The van der Waals surface area contributed by atoms with Crippen molar-refractivity contribution in [3.63, 3.8) is 0 Å². The van der Waals surface area contributed by atoms with Crippen molar-refractivity contribution >= 4 is 23.6 Å². The van der Waals surface area contributed by atoms with E-state index in [-0.39, 0.29) is 30.4 Å². The highest BCUT2D eigenvalue weighted by Gasteiger charge is 2.34. The lowest BCUT2D eigenvalue weighted by molar-refractivity contribution is -0.148. The summed E-state index contributed by atoms with van der Waals surface area (Å²) in [7, 11) is 0. The number of likely N-dealkylation sites (tertiary alicyclic amines) is 1. The number of benzene rings is 1. The maximum Gasteiger partial charge on any atom is 0.326 e. The zero-order chi connectivity index (χ0) is 24.8. The summed E-state index contributed by atoms with van der Waals surface area (Å²) in [4.78, 5) is 50.8. The molecule has 2 N–H and O–H groups in total. The van der Waals surface area contributed by atoms with Crippen molar-refractivity contribution in [2.75, 3.05) is 6.54 Å². The Balaban J connectivity index is 1.86. The van der Waals surface area contributed by atoms with Gasteiger partial charge < -0.3 is 15.3 Å². The fourth-order valence-corrected chi connectivity index (χ4v) is 4.47. The van der Waals surface area contributed by atoms with Crippen LogP contribution in [0.2, 0.25) is 0 Å². The molecule has 1 aliphatic rings. The van der Waals surface area contributed by atoms with Crippen LogP contribution in [0.15, 0.2) is 30.3 Å². The number of hydrogen-bond acceptors (Lipinski definition) is 4. The molecular weight excluding hydrogens is 432 g/mol. The normalized spacial score (nSPS) is 16.3. The molecule has 7 nitrogen and oxygen atoms in total. The van der Waals surface area contributed by atoms with E-state index in [4.69, 9.17) is 0 Å². The molecule has 0 aromatic heterocycles. The van der Waals surface area contributed by atoms with Crippen molar-refractivity contribution in [3.8, 4) is 0 Å². The van der Waals surface area contributed by atoms with Crippen molar-refractivity contribution in [1.29, 1.82) is 0 Å². The van der Waals surface area contributed by atoms with E-state index in [0.29, 0.717) is 32.2 Å². The first kappa shape index (κ1) is 27.5. The molecule has 0 radical (unpaired) electrons. The number of carbonyl (C=O) groups excluding carboxylic acids is 3. The number of nitrogens with one attached hydrogen (secondary N) is 1. The van der Waals surface area contributed by atoms with Crippen LogP contribution in [0.4, 0.5) is 0 Å². The third-order valence-corrected chi connectivity index (χ3v) is 6.46.